The molecule has 0 spiro atoms. The molecule has 12 heteroatoms. The van der Waals surface area contributed by atoms with Gasteiger partial charge in [0, 0.05) is 43.4 Å². The highest BCUT2D eigenvalue weighted by Crippen LogP contribution is 2.25. The second kappa shape index (κ2) is 10.6. The van der Waals surface area contributed by atoms with Crippen LogP contribution in [-0.2, 0) is 22.4 Å². The first-order valence-corrected chi connectivity index (χ1v) is 11.4. The highest BCUT2D eigenvalue weighted by molar-refractivity contribution is 6.32. The molecule has 0 fully saturated rings. The molecule has 4 rings (SSSR count). The van der Waals surface area contributed by atoms with Crippen molar-refractivity contribution in [3.05, 3.63) is 63.9 Å². The molecule has 0 aliphatic rings. The van der Waals surface area contributed by atoms with Crippen molar-refractivity contribution in [2.24, 2.45) is 0 Å². The number of aromatic nitrogens is 7. The highest BCUT2D eigenvalue weighted by atomic mass is 35.5. The summed E-state index contributed by atoms with van der Waals surface area (Å²) in [4.78, 5) is 25.1. The molecule has 0 unspecified atom stereocenters. The van der Waals surface area contributed by atoms with Gasteiger partial charge in [0.05, 0.1) is 35.8 Å². The summed E-state index contributed by atoms with van der Waals surface area (Å²) < 4.78 is 7.68. The zero-order chi connectivity index (χ0) is 24.2. The Labute approximate surface area is 206 Å². The predicted octanol–water partition coefficient (Wildman–Crippen LogP) is 3.01. The van der Waals surface area contributed by atoms with Crippen molar-refractivity contribution in [1.82, 2.24) is 39.5 Å². The summed E-state index contributed by atoms with van der Waals surface area (Å²) in [7, 11) is 3.96. The van der Waals surface area contributed by atoms with Crippen molar-refractivity contribution < 1.29 is 9.53 Å². The molecular weight excluding hydrogens is 479 g/mol. The van der Waals surface area contributed by atoms with Gasteiger partial charge in [-0.05, 0) is 32.6 Å². The Balaban J connectivity index is 1.54. The van der Waals surface area contributed by atoms with Crippen LogP contribution in [0.4, 0.5) is 0 Å². The van der Waals surface area contributed by atoms with E-state index in [0.29, 0.717) is 33.8 Å². The van der Waals surface area contributed by atoms with Gasteiger partial charge in [-0.15, -0.1) is 4.80 Å². The maximum absolute atomic E-state index is 13.0. The Bertz CT molecular complexity index is 1290. The Morgan fingerprint density at radius 1 is 1.12 bits per heavy atom. The molecule has 0 radical (unpaired) electrons. The summed E-state index contributed by atoms with van der Waals surface area (Å²) in [5.74, 6) is 0.378. The Hall–Kier alpha value is -2.92. The van der Waals surface area contributed by atoms with E-state index >= 15 is 0 Å². The number of fused-ring (bicyclic) bond motifs is 1. The van der Waals surface area contributed by atoms with E-state index in [4.69, 9.17) is 27.9 Å². The van der Waals surface area contributed by atoms with Crippen molar-refractivity contribution in [3.8, 4) is 5.82 Å². The van der Waals surface area contributed by atoms with Crippen molar-refractivity contribution in [3.63, 3.8) is 0 Å². The lowest BCUT2D eigenvalue weighted by Gasteiger charge is -2.19. The monoisotopic (exact) mass is 502 g/mol. The van der Waals surface area contributed by atoms with E-state index in [0.717, 1.165) is 17.8 Å². The quantitative estimate of drug-likeness (QED) is 0.326. The lowest BCUT2D eigenvalue weighted by atomic mass is 10.0. The molecule has 0 saturated heterocycles. The van der Waals surface area contributed by atoms with Crippen LogP contribution in [0.3, 0.4) is 0 Å². The number of rotatable bonds is 10. The van der Waals surface area contributed by atoms with Gasteiger partial charge in [-0.3, -0.25) is 4.79 Å². The minimum Gasteiger partial charge on any atom is -0.371 e. The fourth-order valence-electron chi connectivity index (χ4n) is 3.56. The second-order valence-electron chi connectivity index (χ2n) is 8.08. The van der Waals surface area contributed by atoms with E-state index in [1.807, 2.05) is 25.9 Å². The molecule has 0 saturated carbocycles. The summed E-state index contributed by atoms with van der Waals surface area (Å²) in [5.41, 5.74) is 2.77. The number of likely N-dealkylation sites (N-methyl/N-ethyl adjacent to an activating group) is 1. The number of pyridine rings is 1. The van der Waals surface area contributed by atoms with E-state index in [1.165, 1.54) is 17.2 Å². The summed E-state index contributed by atoms with van der Waals surface area (Å²) in [6.07, 6.45) is 6.35. The van der Waals surface area contributed by atoms with Crippen molar-refractivity contribution in [2.45, 2.75) is 25.9 Å². The van der Waals surface area contributed by atoms with Crippen LogP contribution in [0, 0.1) is 0 Å². The van der Waals surface area contributed by atoms with Gasteiger partial charge < -0.3 is 9.64 Å². The number of ether oxygens (including phenoxy) is 1. The number of hydrogen-bond donors (Lipinski definition) is 0. The van der Waals surface area contributed by atoms with E-state index < -0.39 is 0 Å². The standard InChI is InChI=1S/C22H24Cl2N8O2/c1-14(34-7-6-30(2)3)21-16(13-25-20-11-19(24)29-31(20)21)10-17(33)8-15-9-18(23)22(26-12-15)32-27-4-5-28-32/h4-5,9,11-14H,6-8,10H2,1-3H3/t14-/m0/s1. The van der Waals surface area contributed by atoms with Crippen molar-refractivity contribution in [1.29, 1.82) is 0 Å². The first-order valence-electron chi connectivity index (χ1n) is 10.6. The first-order chi connectivity index (χ1) is 16.3. The maximum Gasteiger partial charge on any atom is 0.193 e. The average Bonchev–Trinajstić information content (AvgIpc) is 3.42. The third kappa shape index (κ3) is 5.58. The van der Waals surface area contributed by atoms with E-state index in [1.54, 1.807) is 29.0 Å². The van der Waals surface area contributed by atoms with Gasteiger partial charge in [0.1, 0.15) is 5.78 Å². The zero-order valence-electron chi connectivity index (χ0n) is 19.0. The van der Waals surface area contributed by atoms with Gasteiger partial charge in [0.25, 0.3) is 0 Å². The third-order valence-electron chi connectivity index (χ3n) is 5.14. The van der Waals surface area contributed by atoms with Crippen LogP contribution < -0.4 is 0 Å². The lowest BCUT2D eigenvalue weighted by Crippen LogP contribution is -2.21. The molecule has 4 heterocycles. The average molecular weight is 503 g/mol. The van der Waals surface area contributed by atoms with E-state index in [-0.39, 0.29) is 24.7 Å². The van der Waals surface area contributed by atoms with E-state index in [9.17, 15) is 4.79 Å². The molecule has 4 aromatic heterocycles. The molecule has 0 aliphatic heterocycles. The number of carbonyl (C=O) groups excluding carboxylic acids is 1. The maximum atomic E-state index is 13.0. The minimum atomic E-state index is -0.318. The highest BCUT2D eigenvalue weighted by Gasteiger charge is 2.20. The number of nitrogens with zero attached hydrogens (tertiary/aromatic N) is 8. The molecule has 0 bridgehead atoms. The Morgan fingerprint density at radius 2 is 1.88 bits per heavy atom. The third-order valence-corrected chi connectivity index (χ3v) is 5.60. The van der Waals surface area contributed by atoms with Crippen LogP contribution >= 0.6 is 23.2 Å². The van der Waals surface area contributed by atoms with Crippen molar-refractivity contribution >= 4 is 34.6 Å². The number of ketones is 1. The molecule has 0 aliphatic carbocycles. The number of carbonyl (C=O) groups is 1. The van der Waals surface area contributed by atoms with Crippen molar-refractivity contribution in [2.75, 3.05) is 27.2 Å². The Morgan fingerprint density at radius 3 is 2.59 bits per heavy atom. The second-order valence-corrected chi connectivity index (χ2v) is 8.88. The van der Waals surface area contributed by atoms with Crippen LogP contribution in [0.1, 0.15) is 29.8 Å². The molecule has 0 N–H and O–H groups in total. The summed E-state index contributed by atoms with van der Waals surface area (Å²) in [5, 5.41) is 13.1. The SMILES string of the molecule is C[C@H](OCCN(C)C)c1c(CC(=O)Cc2cnc(-n3nccn3)c(Cl)c2)cnc2cc(Cl)nn12. The smallest absolute Gasteiger partial charge is 0.193 e. The van der Waals surface area contributed by atoms with Crippen LogP contribution in [0.15, 0.2) is 36.9 Å². The fourth-order valence-corrected chi connectivity index (χ4v) is 4.00. The topological polar surface area (TPSA) is 103 Å². The Kier molecular flexibility index (Phi) is 7.52. The van der Waals surface area contributed by atoms with Gasteiger partial charge in [0.2, 0.25) is 0 Å². The van der Waals surface area contributed by atoms with Crippen LogP contribution in [0.2, 0.25) is 10.2 Å². The molecule has 178 valence electrons. The number of hydrogen-bond acceptors (Lipinski definition) is 8. The molecule has 34 heavy (non-hydrogen) atoms. The zero-order valence-corrected chi connectivity index (χ0v) is 20.5. The molecule has 4 aromatic rings. The predicted molar refractivity (Wildman–Crippen MR) is 127 cm³/mol. The molecular formula is C22H24Cl2N8O2. The van der Waals surface area contributed by atoms with E-state index in [2.05, 4.69) is 25.3 Å². The summed E-state index contributed by atoms with van der Waals surface area (Å²) in [6, 6.07) is 3.38. The van der Waals surface area contributed by atoms with Gasteiger partial charge in [-0.2, -0.15) is 15.3 Å². The molecule has 10 nitrogen and oxygen atoms in total. The van der Waals surface area contributed by atoms with Crippen LogP contribution in [0.25, 0.3) is 11.5 Å². The number of Topliss-reactive ketones (excluding diaryl/α,β-unsaturated/α-hetero) is 1. The number of halogens is 2. The summed E-state index contributed by atoms with van der Waals surface area (Å²) in [6.45, 7) is 3.23. The molecule has 0 aromatic carbocycles. The fraction of sp³-hybridized carbons (Fsp3) is 0.364. The van der Waals surface area contributed by atoms with Crippen LogP contribution in [0.5, 0.6) is 0 Å². The van der Waals surface area contributed by atoms with Crippen LogP contribution in [-0.4, -0.2) is 72.5 Å². The lowest BCUT2D eigenvalue weighted by molar-refractivity contribution is -0.117. The van der Waals surface area contributed by atoms with Gasteiger partial charge in [-0.1, -0.05) is 23.2 Å². The first kappa shape index (κ1) is 24.2. The van der Waals surface area contributed by atoms with Gasteiger partial charge in [0.15, 0.2) is 16.6 Å². The largest absolute Gasteiger partial charge is 0.371 e. The summed E-state index contributed by atoms with van der Waals surface area (Å²) >= 11 is 12.5. The van der Waals surface area contributed by atoms with Gasteiger partial charge >= 0.3 is 0 Å². The van der Waals surface area contributed by atoms with Gasteiger partial charge in [-0.25, -0.2) is 14.5 Å². The molecule has 0 amide bonds. The minimum absolute atomic E-state index is 0.0241. The molecule has 1 atom stereocenters. The normalized spacial score (nSPS) is 12.5.